The first kappa shape index (κ1) is 46.2. The molecule has 0 aliphatic carbocycles. The first-order valence-electron chi connectivity index (χ1n) is 21.7. The van der Waals surface area contributed by atoms with Crippen LogP contribution >= 0.6 is 22.7 Å². The molecule has 62 heavy (non-hydrogen) atoms. The molecule has 12 nitrogen and oxygen atoms in total. The Kier molecular flexibility index (Phi) is 17.3. The fourth-order valence-corrected chi connectivity index (χ4v) is 9.66. The van der Waals surface area contributed by atoms with Crippen LogP contribution in [0.2, 0.25) is 0 Å². The minimum atomic E-state index is -1.12. The van der Waals surface area contributed by atoms with Crippen LogP contribution in [0.5, 0.6) is 5.75 Å². The van der Waals surface area contributed by atoms with E-state index in [-0.39, 0.29) is 23.8 Å². The number of ether oxygens (including phenoxy) is 1. The Morgan fingerprint density at radius 3 is 2.47 bits per heavy atom. The smallest absolute Gasteiger partial charge is 0.355 e. The SMILES string of the molecule is C=CC(=O)CCCCCCCCCN1CCN(CC#Cc2ccc(OCCCc3sc(N4CCCC(/C(C)=C(\N)Nc5nc6ccccc6s5)=C4N)nc3C(=O)O)c(F)c2)CC1. The maximum absolute atomic E-state index is 15.0. The van der Waals surface area contributed by atoms with Crippen molar-refractivity contribution in [2.24, 2.45) is 11.5 Å². The molecule has 0 atom stereocenters. The lowest BCUT2D eigenvalue weighted by molar-refractivity contribution is -0.114. The van der Waals surface area contributed by atoms with Crippen molar-refractivity contribution < 1.29 is 23.8 Å². The lowest BCUT2D eigenvalue weighted by Crippen LogP contribution is -2.46. The molecule has 0 radical (unpaired) electrons. The number of carboxylic acid groups (broad SMARTS) is 1. The molecule has 6 rings (SSSR count). The van der Waals surface area contributed by atoms with Gasteiger partial charge in [-0.2, -0.15) is 0 Å². The Morgan fingerprint density at radius 2 is 1.73 bits per heavy atom. The third-order valence-electron chi connectivity index (χ3n) is 11.3. The highest BCUT2D eigenvalue weighted by Gasteiger charge is 2.27. The number of halogens is 1. The van der Waals surface area contributed by atoms with E-state index in [9.17, 15) is 14.7 Å². The third kappa shape index (κ3) is 13.1. The topological polar surface area (TPSA) is 163 Å². The Hall–Kier alpha value is -5.27. The van der Waals surface area contributed by atoms with E-state index in [1.54, 1.807) is 12.1 Å². The molecular weight excluding hydrogens is 824 g/mol. The van der Waals surface area contributed by atoms with Crippen molar-refractivity contribution in [1.82, 2.24) is 19.8 Å². The highest BCUT2D eigenvalue weighted by Crippen LogP contribution is 2.35. The number of rotatable bonds is 22. The number of anilines is 2. The van der Waals surface area contributed by atoms with Crippen LogP contribution in [0.15, 0.2) is 77.9 Å². The summed E-state index contributed by atoms with van der Waals surface area (Å²) in [6.07, 6.45) is 12.6. The zero-order valence-corrected chi connectivity index (χ0v) is 37.4. The highest BCUT2D eigenvalue weighted by atomic mass is 32.1. The minimum absolute atomic E-state index is 0.0185. The first-order chi connectivity index (χ1) is 30.1. The summed E-state index contributed by atoms with van der Waals surface area (Å²) in [5, 5.41) is 14.4. The molecular formula is C47H59FN8O4S2. The lowest BCUT2D eigenvalue weighted by Gasteiger charge is -2.33. The van der Waals surface area contributed by atoms with Gasteiger partial charge in [0.2, 0.25) is 0 Å². The number of allylic oxidation sites excluding steroid dienone is 3. The maximum atomic E-state index is 15.0. The molecule has 2 aliphatic heterocycles. The summed E-state index contributed by atoms with van der Waals surface area (Å²) in [6, 6.07) is 12.6. The van der Waals surface area contributed by atoms with Gasteiger partial charge in [-0.1, -0.05) is 74.0 Å². The second-order valence-electron chi connectivity index (χ2n) is 15.8. The van der Waals surface area contributed by atoms with Crippen LogP contribution < -0.4 is 26.4 Å². The predicted molar refractivity (Wildman–Crippen MR) is 249 cm³/mol. The number of nitrogens with zero attached hydrogens (tertiary/aromatic N) is 5. The predicted octanol–water partition coefficient (Wildman–Crippen LogP) is 8.52. The number of aromatic carboxylic acids is 1. The van der Waals surface area contributed by atoms with Gasteiger partial charge in [-0.25, -0.2) is 19.2 Å². The van der Waals surface area contributed by atoms with Crippen LogP contribution in [0.1, 0.15) is 98.5 Å². The summed E-state index contributed by atoms with van der Waals surface area (Å²) in [4.78, 5) is 40.0. The maximum Gasteiger partial charge on any atom is 0.355 e. The van der Waals surface area contributed by atoms with E-state index in [4.69, 9.17) is 16.2 Å². The van der Waals surface area contributed by atoms with Crippen LogP contribution in [0.4, 0.5) is 14.7 Å². The van der Waals surface area contributed by atoms with Gasteiger partial charge in [0, 0.05) is 49.6 Å². The number of piperazine rings is 1. The van der Waals surface area contributed by atoms with E-state index < -0.39 is 11.8 Å². The number of aryl methyl sites for hydroxylation is 1. The van der Waals surface area contributed by atoms with E-state index in [0.29, 0.717) is 71.1 Å². The Morgan fingerprint density at radius 1 is 0.984 bits per heavy atom. The van der Waals surface area contributed by atoms with E-state index in [1.165, 1.54) is 66.9 Å². The molecule has 2 aliphatic rings. The van der Waals surface area contributed by atoms with Crippen LogP contribution in [-0.4, -0.2) is 89.0 Å². The van der Waals surface area contributed by atoms with E-state index >= 15 is 4.39 Å². The monoisotopic (exact) mass is 882 g/mol. The molecule has 4 aromatic rings. The number of nitrogens with two attached hydrogens (primary N) is 2. The number of carbonyl (C=O) groups excluding carboxylic acids is 1. The minimum Gasteiger partial charge on any atom is -0.491 e. The van der Waals surface area contributed by atoms with Crippen molar-refractivity contribution in [2.45, 2.75) is 84.0 Å². The van der Waals surface area contributed by atoms with E-state index in [2.05, 4.69) is 43.5 Å². The molecule has 6 N–H and O–H groups in total. The summed E-state index contributed by atoms with van der Waals surface area (Å²) in [6.45, 7) is 12.0. The van der Waals surface area contributed by atoms with Crippen molar-refractivity contribution in [3.8, 4) is 17.6 Å². The summed E-state index contributed by atoms with van der Waals surface area (Å²) in [7, 11) is 0. The average molecular weight is 883 g/mol. The van der Waals surface area contributed by atoms with E-state index in [0.717, 1.165) is 73.3 Å². The lowest BCUT2D eigenvalue weighted by atomic mass is 9.99. The van der Waals surface area contributed by atoms with Crippen LogP contribution in [-0.2, 0) is 11.2 Å². The number of unbranched alkanes of at least 4 members (excludes halogenated alkanes) is 6. The number of benzene rings is 2. The second-order valence-corrected chi connectivity index (χ2v) is 17.8. The molecule has 0 saturated carbocycles. The largest absolute Gasteiger partial charge is 0.491 e. The first-order valence-corrected chi connectivity index (χ1v) is 23.3. The van der Waals surface area contributed by atoms with Gasteiger partial charge in [0.05, 0.1) is 23.4 Å². The normalized spacial score (nSPS) is 15.3. The summed E-state index contributed by atoms with van der Waals surface area (Å²) < 4.78 is 21.9. The third-order valence-corrected chi connectivity index (χ3v) is 13.4. The molecule has 15 heteroatoms. The number of nitrogens with one attached hydrogen (secondary N) is 1. The van der Waals surface area contributed by atoms with Gasteiger partial charge in [-0.15, -0.1) is 11.3 Å². The number of aromatic nitrogens is 2. The average Bonchev–Trinajstić information content (AvgIpc) is 3.89. The van der Waals surface area contributed by atoms with Crippen molar-refractivity contribution in [3.63, 3.8) is 0 Å². The van der Waals surface area contributed by atoms with Gasteiger partial charge in [0.1, 0.15) is 11.6 Å². The van der Waals surface area contributed by atoms with Gasteiger partial charge < -0.3 is 36.4 Å². The number of carbonyl (C=O) groups is 2. The molecule has 1 saturated heterocycles. The van der Waals surface area contributed by atoms with Gasteiger partial charge >= 0.3 is 5.97 Å². The van der Waals surface area contributed by atoms with Gasteiger partial charge in [0.25, 0.3) is 0 Å². The summed E-state index contributed by atoms with van der Waals surface area (Å²) in [5.41, 5.74) is 16.4. The van der Waals surface area contributed by atoms with E-state index in [1.807, 2.05) is 36.1 Å². The summed E-state index contributed by atoms with van der Waals surface area (Å²) in [5.74, 6) is 5.92. The fraction of sp³-hybridized carbons (Fsp3) is 0.447. The Labute approximate surface area is 372 Å². The quantitative estimate of drug-likeness (QED) is 0.0339. The number of fused-ring (bicyclic) bond motifs is 1. The number of hydrogen-bond donors (Lipinski definition) is 4. The van der Waals surface area contributed by atoms with Crippen LogP contribution in [0.3, 0.4) is 0 Å². The van der Waals surface area contributed by atoms with Crippen LogP contribution in [0.25, 0.3) is 10.2 Å². The van der Waals surface area contributed by atoms with Gasteiger partial charge in [-0.3, -0.25) is 9.69 Å². The van der Waals surface area contributed by atoms with Crippen molar-refractivity contribution >= 4 is 54.9 Å². The zero-order chi connectivity index (χ0) is 43.8. The van der Waals surface area contributed by atoms with Gasteiger partial charge in [0.15, 0.2) is 33.3 Å². The van der Waals surface area contributed by atoms with Gasteiger partial charge in [-0.05, 0) is 99.5 Å². The van der Waals surface area contributed by atoms with Crippen LogP contribution in [0, 0.1) is 17.7 Å². The number of thiazole rings is 2. The molecule has 330 valence electrons. The number of hydrogen-bond acceptors (Lipinski definition) is 13. The summed E-state index contributed by atoms with van der Waals surface area (Å²) >= 11 is 2.81. The molecule has 0 amide bonds. The highest BCUT2D eigenvalue weighted by molar-refractivity contribution is 7.22. The van der Waals surface area contributed by atoms with Crippen molar-refractivity contribution in [3.05, 3.63) is 99.9 Å². The Bertz CT molecular complexity index is 2270. The molecule has 2 aromatic heterocycles. The number of ketones is 1. The molecule has 1 fully saturated rings. The molecule has 4 heterocycles. The Balaban J connectivity index is 0.921. The van der Waals surface area contributed by atoms with Crippen molar-refractivity contribution in [2.75, 3.05) is 62.6 Å². The fourth-order valence-electron chi connectivity index (χ4n) is 7.65. The molecule has 0 unspecified atom stereocenters. The second kappa shape index (κ2) is 23.3. The number of para-hydroxylation sites is 1. The standard InChI is InChI=1S/C47H59FN8O4S2/c1-3-35(57)17-9-7-5-4-6-8-12-24-54-27-29-55(30-28-54)25-13-16-34-22-23-39(37(48)32-34)60-31-15-21-41-42(45(58)59)52-47(62-41)56-26-14-18-36(44(56)50)33(2)43(49)53-46-51-38-19-10-11-20-40(38)61-46/h3,10-11,19-20,22-23,32H,1,4-9,12,14-15,17-18,21,24-31,49-50H2,2H3,(H,51,53)(H,58,59)/b43-33+. The molecule has 0 spiro atoms. The molecule has 2 aromatic carbocycles. The molecule has 0 bridgehead atoms. The zero-order valence-electron chi connectivity index (χ0n) is 35.7. The van der Waals surface area contributed by atoms with Crippen molar-refractivity contribution in [1.29, 1.82) is 0 Å². The number of carboxylic acids is 1.